The number of benzene rings is 1. The Balaban J connectivity index is 1.39. The third kappa shape index (κ3) is 6.10. The SMILES string of the molecule is C[C@@H]1C[C@@H](OC[C@@H](S)CN2CCN(c3ccccc3F)CC2)CC(C)(C)C1. The first-order chi connectivity index (χ1) is 12.8. The summed E-state index contributed by atoms with van der Waals surface area (Å²) in [5.41, 5.74) is 1.11. The van der Waals surface area contributed by atoms with Crippen LogP contribution in [-0.2, 0) is 4.74 Å². The van der Waals surface area contributed by atoms with Crippen LogP contribution in [0.15, 0.2) is 24.3 Å². The van der Waals surface area contributed by atoms with Gasteiger partial charge in [-0.25, -0.2) is 4.39 Å². The number of piperazine rings is 1. The number of ether oxygens (including phenoxy) is 1. The molecule has 1 aliphatic heterocycles. The van der Waals surface area contributed by atoms with Crippen molar-refractivity contribution >= 4 is 18.3 Å². The Kier molecular flexibility index (Phi) is 7.09. The minimum atomic E-state index is -0.129. The molecule has 0 bridgehead atoms. The van der Waals surface area contributed by atoms with Gasteiger partial charge in [0.05, 0.1) is 18.4 Å². The fourth-order valence-corrected chi connectivity index (χ4v) is 5.18. The van der Waals surface area contributed by atoms with Gasteiger partial charge in [-0.05, 0) is 42.7 Å². The zero-order chi connectivity index (χ0) is 19.4. The molecule has 152 valence electrons. The number of para-hydroxylation sites is 1. The molecule has 0 aromatic heterocycles. The fraction of sp³-hybridized carbons (Fsp3) is 0.727. The minimum absolute atomic E-state index is 0.129. The molecule has 1 aromatic rings. The molecular weight excluding hydrogens is 359 g/mol. The molecule has 0 radical (unpaired) electrons. The standard InChI is InChI=1S/C22H35FN2OS/c1-17-12-18(14-22(2,3)13-17)26-16-19(27)15-24-8-10-25(11-9-24)21-7-5-4-6-20(21)23/h4-7,17-19,27H,8-16H2,1-3H3/t17-,18-,19+/m1/s1. The van der Waals surface area contributed by atoms with Crippen molar-refractivity contribution in [3.8, 4) is 0 Å². The summed E-state index contributed by atoms with van der Waals surface area (Å²) in [6, 6.07) is 7.05. The Morgan fingerprint density at radius 1 is 1.19 bits per heavy atom. The van der Waals surface area contributed by atoms with Crippen LogP contribution < -0.4 is 4.90 Å². The second-order valence-corrected chi connectivity index (χ2v) is 9.99. The van der Waals surface area contributed by atoms with Crippen molar-refractivity contribution in [2.75, 3.05) is 44.2 Å². The van der Waals surface area contributed by atoms with E-state index in [4.69, 9.17) is 17.4 Å². The summed E-state index contributed by atoms with van der Waals surface area (Å²) >= 11 is 4.77. The van der Waals surface area contributed by atoms with Gasteiger partial charge in [-0.3, -0.25) is 4.90 Å². The lowest BCUT2D eigenvalue weighted by molar-refractivity contribution is -0.0237. The van der Waals surface area contributed by atoms with E-state index in [9.17, 15) is 4.39 Å². The molecule has 1 saturated carbocycles. The van der Waals surface area contributed by atoms with E-state index in [-0.39, 0.29) is 11.1 Å². The lowest BCUT2D eigenvalue weighted by atomic mass is 9.71. The maximum atomic E-state index is 14.0. The highest BCUT2D eigenvalue weighted by atomic mass is 32.1. The highest BCUT2D eigenvalue weighted by Gasteiger charge is 2.32. The normalized spacial score (nSPS) is 27.5. The molecule has 3 rings (SSSR count). The van der Waals surface area contributed by atoms with Crippen molar-refractivity contribution < 1.29 is 9.13 Å². The summed E-state index contributed by atoms with van der Waals surface area (Å²) in [6.45, 7) is 12.3. The summed E-state index contributed by atoms with van der Waals surface area (Å²) in [5.74, 6) is 0.611. The Morgan fingerprint density at radius 2 is 1.89 bits per heavy atom. The van der Waals surface area contributed by atoms with Gasteiger partial charge in [-0.15, -0.1) is 0 Å². The maximum Gasteiger partial charge on any atom is 0.146 e. The zero-order valence-corrected chi connectivity index (χ0v) is 17.9. The second-order valence-electron chi connectivity index (χ2n) is 9.26. The van der Waals surface area contributed by atoms with E-state index in [2.05, 4.69) is 30.6 Å². The smallest absolute Gasteiger partial charge is 0.146 e. The molecule has 27 heavy (non-hydrogen) atoms. The predicted molar refractivity (Wildman–Crippen MR) is 114 cm³/mol. The van der Waals surface area contributed by atoms with Gasteiger partial charge in [-0.2, -0.15) is 12.6 Å². The largest absolute Gasteiger partial charge is 0.377 e. The molecule has 1 aromatic carbocycles. The van der Waals surface area contributed by atoms with Crippen LogP contribution in [0.25, 0.3) is 0 Å². The van der Waals surface area contributed by atoms with Crippen molar-refractivity contribution in [3.63, 3.8) is 0 Å². The van der Waals surface area contributed by atoms with E-state index in [0.717, 1.165) is 50.7 Å². The molecule has 2 aliphatic rings. The van der Waals surface area contributed by atoms with E-state index in [1.54, 1.807) is 6.07 Å². The van der Waals surface area contributed by atoms with Crippen LogP contribution in [-0.4, -0.2) is 55.6 Å². The molecule has 0 unspecified atom stereocenters. The van der Waals surface area contributed by atoms with Crippen molar-refractivity contribution in [3.05, 3.63) is 30.1 Å². The number of nitrogens with zero attached hydrogens (tertiary/aromatic N) is 2. The molecule has 0 N–H and O–H groups in total. The molecule has 2 fully saturated rings. The van der Waals surface area contributed by atoms with Gasteiger partial charge in [0.2, 0.25) is 0 Å². The lowest BCUT2D eigenvalue weighted by Crippen LogP contribution is -2.48. The van der Waals surface area contributed by atoms with Gasteiger partial charge < -0.3 is 9.64 Å². The molecule has 3 nitrogen and oxygen atoms in total. The number of rotatable bonds is 6. The van der Waals surface area contributed by atoms with Crippen LogP contribution in [0.1, 0.15) is 40.0 Å². The number of anilines is 1. The van der Waals surface area contributed by atoms with Crippen LogP contribution in [0.3, 0.4) is 0 Å². The Hall–Kier alpha value is -0.780. The van der Waals surface area contributed by atoms with Gasteiger partial charge >= 0.3 is 0 Å². The molecule has 3 atom stereocenters. The van der Waals surface area contributed by atoms with Gasteiger partial charge in [0.15, 0.2) is 0 Å². The molecule has 1 saturated heterocycles. The van der Waals surface area contributed by atoms with E-state index in [0.29, 0.717) is 18.1 Å². The summed E-state index contributed by atoms with van der Waals surface area (Å²) in [5, 5.41) is 0.227. The Bertz CT molecular complexity index is 604. The average molecular weight is 395 g/mol. The molecule has 0 amide bonds. The highest BCUT2D eigenvalue weighted by molar-refractivity contribution is 7.81. The molecule has 1 heterocycles. The van der Waals surface area contributed by atoms with Crippen LogP contribution in [0.2, 0.25) is 0 Å². The first-order valence-electron chi connectivity index (χ1n) is 10.3. The number of hydrogen-bond acceptors (Lipinski definition) is 4. The Labute approximate surface area is 169 Å². The zero-order valence-electron chi connectivity index (χ0n) is 17.0. The van der Waals surface area contributed by atoms with Gasteiger partial charge in [0.1, 0.15) is 5.82 Å². The van der Waals surface area contributed by atoms with Crippen molar-refractivity contribution in [2.45, 2.75) is 51.4 Å². The monoisotopic (exact) mass is 394 g/mol. The van der Waals surface area contributed by atoms with E-state index in [1.165, 1.54) is 18.9 Å². The Morgan fingerprint density at radius 3 is 2.56 bits per heavy atom. The van der Waals surface area contributed by atoms with Gasteiger partial charge in [0, 0.05) is 38.0 Å². The van der Waals surface area contributed by atoms with Crippen LogP contribution >= 0.6 is 12.6 Å². The van der Waals surface area contributed by atoms with E-state index < -0.39 is 0 Å². The topological polar surface area (TPSA) is 15.7 Å². The summed E-state index contributed by atoms with van der Waals surface area (Å²) in [4.78, 5) is 4.56. The molecule has 5 heteroatoms. The second kappa shape index (κ2) is 9.15. The van der Waals surface area contributed by atoms with Crippen LogP contribution in [0.4, 0.5) is 10.1 Å². The van der Waals surface area contributed by atoms with Gasteiger partial charge in [0.25, 0.3) is 0 Å². The number of hydrogen-bond donors (Lipinski definition) is 1. The lowest BCUT2D eigenvalue weighted by Gasteiger charge is -2.39. The van der Waals surface area contributed by atoms with E-state index in [1.807, 2.05) is 12.1 Å². The van der Waals surface area contributed by atoms with E-state index >= 15 is 0 Å². The molecular formula is C22H35FN2OS. The van der Waals surface area contributed by atoms with Crippen molar-refractivity contribution in [1.29, 1.82) is 0 Å². The van der Waals surface area contributed by atoms with Crippen LogP contribution in [0.5, 0.6) is 0 Å². The highest BCUT2D eigenvalue weighted by Crippen LogP contribution is 2.39. The minimum Gasteiger partial charge on any atom is -0.377 e. The average Bonchev–Trinajstić information content (AvgIpc) is 2.60. The van der Waals surface area contributed by atoms with Gasteiger partial charge in [-0.1, -0.05) is 32.9 Å². The number of halogens is 1. The predicted octanol–water partition coefficient (Wildman–Crippen LogP) is 4.48. The summed E-state index contributed by atoms with van der Waals surface area (Å²) in [7, 11) is 0. The molecule has 0 spiro atoms. The maximum absolute atomic E-state index is 14.0. The molecule has 1 aliphatic carbocycles. The van der Waals surface area contributed by atoms with Crippen molar-refractivity contribution in [1.82, 2.24) is 4.90 Å². The quantitative estimate of drug-likeness (QED) is 0.717. The summed E-state index contributed by atoms with van der Waals surface area (Å²) in [6.07, 6.45) is 3.99. The summed E-state index contributed by atoms with van der Waals surface area (Å²) < 4.78 is 20.2. The first-order valence-corrected chi connectivity index (χ1v) is 10.9. The number of thiol groups is 1. The third-order valence-corrected chi connectivity index (χ3v) is 6.22. The fourth-order valence-electron chi connectivity index (χ4n) is 4.86. The van der Waals surface area contributed by atoms with Crippen molar-refractivity contribution in [2.24, 2.45) is 11.3 Å². The third-order valence-electron chi connectivity index (χ3n) is 5.91. The first kappa shape index (κ1) is 20.9. The van der Waals surface area contributed by atoms with Crippen LogP contribution in [0, 0.1) is 17.2 Å².